The van der Waals surface area contributed by atoms with E-state index in [0.717, 1.165) is 89.9 Å². The average Bonchev–Trinajstić information content (AvgIpc) is 3.25. The lowest BCUT2D eigenvalue weighted by Gasteiger charge is -2.29. The van der Waals surface area contributed by atoms with Crippen LogP contribution in [-0.2, 0) is 18.4 Å². The van der Waals surface area contributed by atoms with Crippen LogP contribution in [0.4, 0.5) is 0 Å². The van der Waals surface area contributed by atoms with Crippen LogP contribution in [0.2, 0.25) is 0 Å². The summed E-state index contributed by atoms with van der Waals surface area (Å²) in [7, 11) is 1.21. The quantitative estimate of drug-likeness (QED) is 0.0273. The molecule has 0 rings (SSSR count). The summed E-state index contributed by atoms with van der Waals surface area (Å²) in [5.74, 6) is -0.227. The molecule has 3 atom stereocenters. The lowest BCUT2D eigenvalue weighted by Crippen LogP contribution is -2.45. The van der Waals surface area contributed by atoms with Crippen LogP contribution in [0.5, 0.6) is 0 Å². The van der Waals surface area contributed by atoms with Crippen molar-refractivity contribution in [3.05, 3.63) is 97.2 Å². The number of nitrogens with one attached hydrogen (secondary N) is 1. The summed E-state index contributed by atoms with van der Waals surface area (Å²) in [5.41, 5.74) is 0. The molecule has 0 fully saturated rings. The zero-order valence-electron chi connectivity index (χ0n) is 41.7. The largest absolute Gasteiger partial charge is 0.756 e. The molecule has 0 spiro atoms. The normalized spacial score (nSPS) is 14.9. The van der Waals surface area contributed by atoms with Crippen LogP contribution in [0.15, 0.2) is 97.2 Å². The molecule has 0 heterocycles. The molecule has 0 saturated heterocycles. The first-order chi connectivity index (χ1) is 31.0. The third kappa shape index (κ3) is 47.4. The number of hydrogen-bond acceptors (Lipinski definition) is 6. The van der Waals surface area contributed by atoms with Crippen LogP contribution in [0.3, 0.4) is 0 Å². The minimum Gasteiger partial charge on any atom is -0.756 e. The van der Waals surface area contributed by atoms with Gasteiger partial charge < -0.3 is 28.8 Å². The highest BCUT2D eigenvalue weighted by Gasteiger charge is 2.23. The van der Waals surface area contributed by atoms with E-state index < -0.39 is 26.6 Å². The SMILES string of the molecule is CC/C=C\C/C=C\C/C=C\C/C=C\C/C=C\CCCCCCCCCC(=O)NC(COP(=O)([O-])OCC[N+](C)(C)C)C(O)/C=C/CC/C=C/CC/C=C/CCCCCCCCCCC. The summed E-state index contributed by atoms with van der Waals surface area (Å²) in [6.07, 6.45) is 64.6. The molecular formula is C55H97N2O6P. The number of rotatable bonds is 45. The van der Waals surface area contributed by atoms with E-state index in [-0.39, 0.29) is 12.5 Å². The molecule has 0 aliphatic heterocycles. The highest BCUT2D eigenvalue weighted by atomic mass is 31.2. The van der Waals surface area contributed by atoms with E-state index in [1.807, 2.05) is 27.2 Å². The van der Waals surface area contributed by atoms with Crippen LogP contribution in [0.25, 0.3) is 0 Å². The molecule has 0 radical (unpaired) electrons. The van der Waals surface area contributed by atoms with Gasteiger partial charge in [0.05, 0.1) is 39.9 Å². The number of amides is 1. The van der Waals surface area contributed by atoms with Crippen molar-refractivity contribution in [3.8, 4) is 0 Å². The first-order valence-electron chi connectivity index (χ1n) is 25.6. The van der Waals surface area contributed by atoms with E-state index in [2.05, 4.69) is 104 Å². The van der Waals surface area contributed by atoms with Crippen LogP contribution >= 0.6 is 7.82 Å². The third-order valence-corrected chi connectivity index (χ3v) is 11.7. The van der Waals surface area contributed by atoms with Gasteiger partial charge in [-0.3, -0.25) is 9.36 Å². The molecule has 2 N–H and O–H groups in total. The zero-order valence-corrected chi connectivity index (χ0v) is 42.6. The number of quaternary nitrogens is 1. The van der Waals surface area contributed by atoms with Gasteiger partial charge in [0, 0.05) is 6.42 Å². The molecule has 9 heteroatoms. The molecule has 3 unspecified atom stereocenters. The lowest BCUT2D eigenvalue weighted by molar-refractivity contribution is -0.870. The van der Waals surface area contributed by atoms with Gasteiger partial charge in [-0.2, -0.15) is 0 Å². The number of hydrogen-bond donors (Lipinski definition) is 2. The van der Waals surface area contributed by atoms with Crippen molar-refractivity contribution in [1.29, 1.82) is 0 Å². The lowest BCUT2D eigenvalue weighted by atomic mass is 10.1. The number of unbranched alkanes of at least 4 members (excludes halogenated alkanes) is 18. The molecule has 0 aliphatic carbocycles. The van der Waals surface area contributed by atoms with E-state index in [9.17, 15) is 19.4 Å². The number of aliphatic hydroxyl groups excluding tert-OH is 1. The molecule has 0 aliphatic rings. The number of carbonyl (C=O) groups is 1. The number of carbonyl (C=O) groups excluding carboxylic acids is 1. The van der Waals surface area contributed by atoms with Crippen molar-refractivity contribution >= 4 is 13.7 Å². The molecule has 0 saturated carbocycles. The van der Waals surface area contributed by atoms with Crippen LogP contribution in [-0.4, -0.2) is 68.5 Å². The van der Waals surface area contributed by atoms with Gasteiger partial charge in [-0.25, -0.2) is 0 Å². The summed E-state index contributed by atoms with van der Waals surface area (Å²) in [5, 5.41) is 13.8. The molecule has 0 bridgehead atoms. The first kappa shape index (κ1) is 61.4. The van der Waals surface area contributed by atoms with Crippen molar-refractivity contribution in [2.45, 2.75) is 206 Å². The number of nitrogens with zero attached hydrogens (tertiary/aromatic N) is 1. The Balaban J connectivity index is 4.43. The monoisotopic (exact) mass is 913 g/mol. The Kier molecular flexibility index (Phi) is 43.7. The van der Waals surface area contributed by atoms with Gasteiger partial charge in [-0.1, -0.05) is 195 Å². The van der Waals surface area contributed by atoms with Gasteiger partial charge in [0.15, 0.2) is 0 Å². The highest BCUT2D eigenvalue weighted by molar-refractivity contribution is 7.45. The second-order valence-electron chi connectivity index (χ2n) is 18.1. The summed E-state index contributed by atoms with van der Waals surface area (Å²) < 4.78 is 23.3. The second kappa shape index (κ2) is 45.6. The number of allylic oxidation sites excluding steroid dienone is 15. The zero-order chi connectivity index (χ0) is 47.1. The van der Waals surface area contributed by atoms with E-state index in [0.29, 0.717) is 17.4 Å². The van der Waals surface area contributed by atoms with Crippen molar-refractivity contribution < 1.29 is 32.9 Å². The molecule has 0 aromatic heterocycles. The van der Waals surface area contributed by atoms with Crippen molar-refractivity contribution in [3.63, 3.8) is 0 Å². The van der Waals surface area contributed by atoms with Crippen LogP contribution in [0, 0.1) is 0 Å². The van der Waals surface area contributed by atoms with Crippen LogP contribution < -0.4 is 10.2 Å². The maximum atomic E-state index is 12.9. The molecule has 1 amide bonds. The third-order valence-electron chi connectivity index (χ3n) is 10.8. The highest BCUT2D eigenvalue weighted by Crippen LogP contribution is 2.38. The fourth-order valence-corrected chi connectivity index (χ4v) is 7.46. The molecular weight excluding hydrogens is 816 g/mol. The number of phosphoric acid groups is 1. The summed E-state index contributed by atoms with van der Waals surface area (Å²) >= 11 is 0. The van der Waals surface area contributed by atoms with Crippen molar-refractivity contribution in [1.82, 2.24) is 5.32 Å². The maximum Gasteiger partial charge on any atom is 0.268 e. The molecule has 64 heavy (non-hydrogen) atoms. The van der Waals surface area contributed by atoms with Gasteiger partial charge in [0.1, 0.15) is 13.2 Å². The number of phosphoric ester groups is 1. The van der Waals surface area contributed by atoms with Crippen molar-refractivity contribution in [2.24, 2.45) is 0 Å². The van der Waals surface area contributed by atoms with Gasteiger partial charge >= 0.3 is 0 Å². The minimum atomic E-state index is -4.62. The molecule has 0 aromatic rings. The predicted molar refractivity (Wildman–Crippen MR) is 274 cm³/mol. The predicted octanol–water partition coefficient (Wildman–Crippen LogP) is 14.5. The van der Waals surface area contributed by atoms with Gasteiger partial charge in [0.2, 0.25) is 5.91 Å². The van der Waals surface area contributed by atoms with E-state index >= 15 is 0 Å². The Morgan fingerprint density at radius 1 is 0.562 bits per heavy atom. The Labute approximate surface area is 394 Å². The van der Waals surface area contributed by atoms with Gasteiger partial charge in [-0.05, 0) is 89.9 Å². The Bertz CT molecular complexity index is 1360. The topological polar surface area (TPSA) is 108 Å². The Hall–Kier alpha value is -2.58. The van der Waals surface area contributed by atoms with Gasteiger partial charge in [0.25, 0.3) is 7.82 Å². The number of aliphatic hydroxyl groups is 1. The minimum absolute atomic E-state index is 0.0166. The first-order valence-corrected chi connectivity index (χ1v) is 27.1. The number of likely N-dealkylation sites (N-methyl/N-ethyl adjacent to an activating group) is 1. The maximum absolute atomic E-state index is 12.9. The summed E-state index contributed by atoms with van der Waals surface area (Å²) in [6.45, 7) is 4.48. The Morgan fingerprint density at radius 3 is 1.45 bits per heavy atom. The molecule has 0 aromatic carbocycles. The average molecular weight is 913 g/mol. The fraction of sp³-hybridized carbons (Fsp3) is 0.691. The summed E-state index contributed by atoms with van der Waals surface area (Å²) in [6, 6.07) is -0.922. The van der Waals surface area contributed by atoms with E-state index in [1.165, 1.54) is 83.5 Å². The fourth-order valence-electron chi connectivity index (χ4n) is 6.74. The smallest absolute Gasteiger partial charge is 0.268 e. The Morgan fingerprint density at radius 2 is 0.969 bits per heavy atom. The van der Waals surface area contributed by atoms with Gasteiger partial charge in [-0.15, -0.1) is 0 Å². The standard InChI is InChI=1S/C55H97N2O6P/c1-6-8-10-12-14-16-18-20-22-24-26-27-28-29-31-33-35-37-39-41-43-45-47-49-55(59)56-53(52-63-64(60,61)62-51-50-57(3,4)5)54(58)48-46-44-42-40-38-36-34-32-30-25-23-21-19-17-15-13-11-9-7-2/h8,10,14,16,20,22,26-27,29-32,38,40,46,48,53-54,58H,6-7,9,11-13,15,17-19,21,23-25,28,33-37,39,41-45,47,49-52H2,1-5H3,(H-,56,59,60,61)/b10-8-,16-14-,22-20-,27-26-,31-29-,32-30+,40-38+,48-46+. The molecule has 8 nitrogen and oxygen atoms in total. The molecule has 368 valence electrons. The van der Waals surface area contributed by atoms with Crippen molar-refractivity contribution in [2.75, 3.05) is 40.9 Å². The second-order valence-corrected chi connectivity index (χ2v) is 19.5. The van der Waals surface area contributed by atoms with E-state index in [4.69, 9.17) is 9.05 Å². The van der Waals surface area contributed by atoms with E-state index in [1.54, 1.807) is 6.08 Å². The van der Waals surface area contributed by atoms with Crippen LogP contribution in [0.1, 0.15) is 194 Å². The summed E-state index contributed by atoms with van der Waals surface area (Å²) in [4.78, 5) is 25.4.